The Morgan fingerprint density at radius 3 is 2.48 bits per heavy atom. The van der Waals surface area contributed by atoms with Crippen molar-refractivity contribution < 1.29 is 37.1 Å². The van der Waals surface area contributed by atoms with Gasteiger partial charge in [-0.3, -0.25) is 34.2 Å². The second-order valence-corrected chi connectivity index (χ2v) is 18.6. The smallest absolute Gasteiger partial charge is 0.293 e. The van der Waals surface area contributed by atoms with E-state index < -0.39 is 40.9 Å². The van der Waals surface area contributed by atoms with Gasteiger partial charge >= 0.3 is 0 Å². The molecule has 1 spiro atoms. The first-order valence-corrected chi connectivity index (χ1v) is 22.4. The molecule has 19 heteroatoms. The molecule has 2 aromatic heterocycles. The second kappa shape index (κ2) is 17.2. The van der Waals surface area contributed by atoms with Gasteiger partial charge in [0.15, 0.2) is 18.2 Å². The summed E-state index contributed by atoms with van der Waals surface area (Å²) in [6.07, 6.45) is 3.69. The van der Waals surface area contributed by atoms with Crippen LogP contribution in [-0.2, 0) is 20.9 Å². The van der Waals surface area contributed by atoms with Crippen molar-refractivity contribution in [2.75, 3.05) is 74.6 Å². The van der Waals surface area contributed by atoms with E-state index >= 15 is 13.2 Å². The summed E-state index contributed by atoms with van der Waals surface area (Å²) in [6, 6.07) is 11.0. The highest BCUT2D eigenvalue weighted by molar-refractivity contribution is 6.33. The van der Waals surface area contributed by atoms with Gasteiger partial charge in [-0.25, -0.2) is 18.2 Å². The van der Waals surface area contributed by atoms with Gasteiger partial charge in [0.2, 0.25) is 11.8 Å². The van der Waals surface area contributed by atoms with Crippen LogP contribution in [0.1, 0.15) is 67.9 Å². The van der Waals surface area contributed by atoms with E-state index in [9.17, 15) is 24.0 Å². The normalized spacial score (nSPS) is 20.9. The molecule has 1 atom stereocenters. The Kier molecular flexibility index (Phi) is 11.7. The van der Waals surface area contributed by atoms with Crippen molar-refractivity contribution in [1.29, 1.82) is 0 Å². The molecular weight excluding hydrogens is 867 g/mol. The summed E-state index contributed by atoms with van der Waals surface area (Å²) in [7, 11) is 1.50. The first-order chi connectivity index (χ1) is 31.0. The molecule has 344 valence electrons. The Morgan fingerprint density at radius 1 is 1.00 bits per heavy atom. The summed E-state index contributed by atoms with van der Waals surface area (Å²) in [4.78, 5) is 73.9. The number of rotatable bonds is 11. The molecule has 4 amide bonds. The molecule has 0 radical (unpaired) electrons. The lowest BCUT2D eigenvalue weighted by Crippen LogP contribution is -2.70. The number of halogens is 4. The quantitative estimate of drug-likeness (QED) is 0.164. The Morgan fingerprint density at radius 2 is 1.77 bits per heavy atom. The monoisotopic (exact) mass is 917 g/mol. The third-order valence-corrected chi connectivity index (χ3v) is 14.1. The Balaban J connectivity index is 0.792. The number of nitrogens with one attached hydrogen (secondary N) is 3. The van der Waals surface area contributed by atoms with E-state index in [0.29, 0.717) is 48.1 Å². The lowest BCUT2D eigenvalue weighted by Gasteiger charge is -2.58. The number of anilines is 4. The fraction of sp³-hybridized carbons (Fsp3) is 0.478. The predicted octanol–water partition coefficient (Wildman–Crippen LogP) is 5.46. The van der Waals surface area contributed by atoms with Crippen molar-refractivity contribution in [2.24, 2.45) is 11.3 Å². The fourth-order valence-corrected chi connectivity index (χ4v) is 10.3. The standard InChI is InChI=1S/C46H51ClF3N9O6/c1-26(2)59-34-6-4-29(16-28(34)17-37(44(59)64)65-22-40(61)51-3)53-33-18-38(52-19-32(33)47)56-13-10-27(11-14-56)20-55-15-12-45(46(49,50)25-55)23-57(24-45)35-7-5-30-31(41(35)48)21-58(43(30)63)36-8-9-39(60)54-42(36)62/h4-7,16-19,26-27,36H,8-15,20-25H2,1-3H3,(H,51,61)(H,52,53)(H,54,60,62). The summed E-state index contributed by atoms with van der Waals surface area (Å²) in [6.45, 7) is 5.44. The van der Waals surface area contributed by atoms with Gasteiger partial charge < -0.3 is 34.6 Å². The Bertz CT molecular complexity index is 2650. The van der Waals surface area contributed by atoms with Crippen molar-refractivity contribution >= 4 is 69.0 Å². The van der Waals surface area contributed by atoms with Gasteiger partial charge in [-0.2, -0.15) is 0 Å². The second-order valence-electron chi connectivity index (χ2n) is 18.2. The van der Waals surface area contributed by atoms with Crippen LogP contribution in [0.5, 0.6) is 5.75 Å². The molecule has 0 aliphatic carbocycles. The number of carbonyl (C=O) groups is 4. The molecule has 5 aliphatic heterocycles. The van der Waals surface area contributed by atoms with Crippen molar-refractivity contribution in [3.05, 3.63) is 81.0 Å². The molecule has 15 nitrogen and oxygen atoms in total. The first-order valence-electron chi connectivity index (χ1n) is 22.1. The molecule has 1 unspecified atom stereocenters. The van der Waals surface area contributed by atoms with Crippen LogP contribution in [0, 0.1) is 17.2 Å². The third-order valence-electron chi connectivity index (χ3n) is 13.8. The van der Waals surface area contributed by atoms with Crippen LogP contribution in [0.3, 0.4) is 0 Å². The Labute approximate surface area is 378 Å². The summed E-state index contributed by atoms with van der Waals surface area (Å²) >= 11 is 6.63. The number of imide groups is 1. The van der Waals surface area contributed by atoms with Crippen molar-refractivity contribution in [1.82, 2.24) is 30.0 Å². The minimum Gasteiger partial charge on any atom is -0.478 e. The SMILES string of the molecule is CNC(=O)COc1cc2cc(Nc3cc(N4CCC(CN5CCC6(CN(c7ccc8c(c7F)CN(C7CCC(=O)NC7=O)C8=O)C6)C(F)(F)C5)CC4)ncc3Cl)ccc2n(C(C)C)c1=O. The molecule has 3 N–H and O–H groups in total. The van der Waals surface area contributed by atoms with Crippen LogP contribution in [0.15, 0.2) is 53.5 Å². The number of piperidine rings is 3. The molecule has 5 aliphatic rings. The fourth-order valence-electron chi connectivity index (χ4n) is 10.1. The molecular formula is C46H51ClF3N9O6. The lowest BCUT2D eigenvalue weighted by molar-refractivity contribution is -0.181. The van der Waals surface area contributed by atoms with E-state index in [1.165, 1.54) is 24.1 Å². The largest absolute Gasteiger partial charge is 0.478 e. The molecule has 2 aromatic carbocycles. The highest BCUT2D eigenvalue weighted by atomic mass is 35.5. The molecule has 9 rings (SSSR count). The van der Waals surface area contributed by atoms with Crippen LogP contribution in [0.2, 0.25) is 5.02 Å². The van der Waals surface area contributed by atoms with Gasteiger partial charge in [0.05, 0.1) is 46.6 Å². The minimum absolute atomic E-state index is 0.00474. The van der Waals surface area contributed by atoms with Gasteiger partial charge in [-0.05, 0) is 88.4 Å². The minimum atomic E-state index is -2.99. The zero-order chi connectivity index (χ0) is 45.9. The van der Waals surface area contributed by atoms with Crippen LogP contribution in [-0.4, -0.2) is 114 Å². The molecule has 0 bridgehead atoms. The summed E-state index contributed by atoms with van der Waals surface area (Å²) in [5.41, 5.74) is 0.894. The number of likely N-dealkylation sites (N-methyl/N-ethyl adjacent to an activating group) is 1. The number of carbonyl (C=O) groups excluding carboxylic acids is 4. The average Bonchev–Trinajstić information content (AvgIpc) is 3.59. The third kappa shape index (κ3) is 8.23. The first kappa shape index (κ1) is 44.3. The maximum atomic E-state index is 16.1. The van der Waals surface area contributed by atoms with Crippen molar-refractivity contribution in [3.63, 3.8) is 0 Å². The average molecular weight is 918 g/mol. The van der Waals surface area contributed by atoms with Crippen LogP contribution in [0.25, 0.3) is 10.9 Å². The van der Waals surface area contributed by atoms with Crippen LogP contribution < -0.4 is 36.0 Å². The molecule has 4 saturated heterocycles. The summed E-state index contributed by atoms with van der Waals surface area (Å²) < 4.78 is 55.4. The van der Waals surface area contributed by atoms with E-state index in [1.54, 1.807) is 21.7 Å². The molecule has 4 fully saturated rings. The van der Waals surface area contributed by atoms with Gasteiger partial charge in [-0.1, -0.05) is 11.6 Å². The zero-order valence-electron chi connectivity index (χ0n) is 36.4. The molecule has 0 saturated carbocycles. The maximum Gasteiger partial charge on any atom is 0.293 e. The van der Waals surface area contributed by atoms with Gasteiger partial charge in [-0.15, -0.1) is 0 Å². The van der Waals surface area contributed by atoms with E-state index in [1.807, 2.05) is 43.0 Å². The highest BCUT2D eigenvalue weighted by Gasteiger charge is 2.63. The van der Waals surface area contributed by atoms with E-state index in [0.717, 1.165) is 24.0 Å². The Hall–Kier alpha value is -5.88. The number of fused-ring (bicyclic) bond motifs is 2. The zero-order valence-corrected chi connectivity index (χ0v) is 37.2. The number of ether oxygens (including phenoxy) is 1. The molecule has 65 heavy (non-hydrogen) atoms. The highest BCUT2D eigenvalue weighted by Crippen LogP contribution is 2.52. The van der Waals surface area contributed by atoms with Crippen LogP contribution >= 0.6 is 11.6 Å². The van der Waals surface area contributed by atoms with Crippen LogP contribution in [0.4, 0.5) is 36.1 Å². The van der Waals surface area contributed by atoms with Gasteiger partial charge in [0, 0.05) is 80.5 Å². The number of aromatic nitrogens is 2. The summed E-state index contributed by atoms with van der Waals surface area (Å²) in [5.74, 6) is -4.46. The van der Waals surface area contributed by atoms with Crippen molar-refractivity contribution in [2.45, 2.75) is 70.5 Å². The molecule has 7 heterocycles. The van der Waals surface area contributed by atoms with Gasteiger partial charge in [0.25, 0.3) is 23.3 Å². The van der Waals surface area contributed by atoms with Crippen molar-refractivity contribution in [3.8, 4) is 5.75 Å². The lowest BCUT2D eigenvalue weighted by atomic mass is 9.68. The number of hydrogen-bond acceptors (Lipinski definition) is 11. The number of alkyl halides is 2. The summed E-state index contributed by atoms with van der Waals surface area (Å²) in [5, 5.41) is 9.26. The predicted molar refractivity (Wildman–Crippen MR) is 239 cm³/mol. The van der Waals surface area contributed by atoms with E-state index in [2.05, 4.69) is 25.8 Å². The van der Waals surface area contributed by atoms with E-state index in [-0.39, 0.29) is 98.0 Å². The number of pyridine rings is 2. The number of amides is 4. The number of benzene rings is 2. The molecule has 4 aromatic rings. The maximum absolute atomic E-state index is 16.1. The van der Waals surface area contributed by atoms with Gasteiger partial charge in [0.1, 0.15) is 11.9 Å². The number of hydrogen-bond donors (Lipinski definition) is 3. The number of nitrogens with zero attached hydrogens (tertiary/aromatic N) is 6. The van der Waals surface area contributed by atoms with E-state index in [4.69, 9.17) is 16.3 Å². The topological polar surface area (TPSA) is 161 Å². The number of likely N-dealkylation sites (tertiary alicyclic amines) is 1.